The summed E-state index contributed by atoms with van der Waals surface area (Å²) in [4.78, 5) is 0. The standard InChI is InChI=1S/BH3O3.2O.Ti/c2-1(3)4;;;/h2-4H;;;. The van der Waals surface area contributed by atoms with Crippen LogP contribution in [0, 0.1) is 0 Å². The van der Waals surface area contributed by atoms with Crippen LogP contribution in [-0.4, -0.2) is 22.4 Å². The molecule has 0 unspecified atom stereocenters. The quantitative estimate of drug-likeness (QED) is 0.330. The Kier molecular flexibility index (Phi) is 14.0. The molecule has 0 aliphatic carbocycles. The van der Waals surface area contributed by atoms with Gasteiger partial charge in [0.1, 0.15) is 0 Å². The Morgan fingerprint density at radius 3 is 1.14 bits per heavy atom. The Labute approximate surface area is 48.7 Å². The van der Waals surface area contributed by atoms with E-state index in [0.29, 0.717) is 0 Å². The first kappa shape index (κ1) is 10.3. The molecule has 7 heteroatoms. The minimum atomic E-state index is -2.17. The molecule has 0 aromatic heterocycles. The van der Waals surface area contributed by atoms with E-state index < -0.39 is 26.4 Å². The van der Waals surface area contributed by atoms with Gasteiger partial charge in [-0.3, -0.25) is 0 Å². The van der Waals surface area contributed by atoms with Crippen molar-refractivity contribution in [2.45, 2.75) is 0 Å². The molecule has 5 nitrogen and oxygen atoms in total. The van der Waals surface area contributed by atoms with Gasteiger partial charge < -0.3 is 15.1 Å². The third kappa shape index (κ3) is 1690. The molecule has 0 saturated heterocycles. The Morgan fingerprint density at radius 2 is 1.14 bits per heavy atom. The van der Waals surface area contributed by atoms with Gasteiger partial charge in [-0.1, -0.05) is 0 Å². The van der Waals surface area contributed by atoms with Crippen molar-refractivity contribution in [1.29, 1.82) is 0 Å². The molecule has 40 valence electrons. The van der Waals surface area contributed by atoms with Crippen LogP contribution in [0.2, 0.25) is 0 Å². The van der Waals surface area contributed by atoms with E-state index in [-0.39, 0.29) is 0 Å². The second kappa shape index (κ2) is 9.54. The second-order valence-electron chi connectivity index (χ2n) is 0.430. The molecule has 0 fully saturated rings. The molecule has 0 rings (SSSR count). The molecular formula is H3BO5Ti. The topological polar surface area (TPSA) is 94.8 Å². The molecule has 0 aromatic carbocycles. The average Bonchev–Trinajstić information content (AvgIpc) is 1.33. The molecule has 0 aliphatic rings. The van der Waals surface area contributed by atoms with Gasteiger partial charge in [0, 0.05) is 0 Å². The summed E-state index contributed by atoms with van der Waals surface area (Å²) in [5, 5.41) is 21.5. The van der Waals surface area contributed by atoms with Gasteiger partial charge in [-0.05, 0) is 0 Å². The van der Waals surface area contributed by atoms with Crippen molar-refractivity contribution in [1.82, 2.24) is 0 Å². The van der Waals surface area contributed by atoms with E-state index in [4.69, 9.17) is 21.7 Å². The zero-order valence-electron chi connectivity index (χ0n) is 3.24. The van der Waals surface area contributed by atoms with Crippen LogP contribution in [0.3, 0.4) is 0 Å². The Hall–Kier alpha value is 0.259. The van der Waals surface area contributed by atoms with E-state index in [1.54, 1.807) is 0 Å². The van der Waals surface area contributed by atoms with Crippen molar-refractivity contribution in [3.63, 3.8) is 0 Å². The van der Waals surface area contributed by atoms with Gasteiger partial charge in [0.25, 0.3) is 0 Å². The van der Waals surface area contributed by atoms with Crippen LogP contribution in [0.5, 0.6) is 0 Å². The van der Waals surface area contributed by atoms with Crippen LogP contribution in [0.4, 0.5) is 0 Å². The first-order valence-electron chi connectivity index (χ1n) is 1.18. The average molecular weight is 142 g/mol. The summed E-state index contributed by atoms with van der Waals surface area (Å²) < 4.78 is 17.0. The fraction of sp³-hybridized carbons (Fsp3) is 0. The van der Waals surface area contributed by atoms with Gasteiger partial charge in [-0.15, -0.1) is 0 Å². The fourth-order valence-electron chi connectivity index (χ4n) is 0. The van der Waals surface area contributed by atoms with Gasteiger partial charge >= 0.3 is 33.1 Å². The van der Waals surface area contributed by atoms with Gasteiger partial charge in [-0.2, -0.15) is 0 Å². The molecule has 0 atom stereocenters. The summed E-state index contributed by atoms with van der Waals surface area (Å²) in [7, 11) is -2.17. The van der Waals surface area contributed by atoms with Gasteiger partial charge in [-0.25, -0.2) is 0 Å². The zero-order valence-corrected chi connectivity index (χ0v) is 4.80. The Balaban J connectivity index is 0. The Morgan fingerprint density at radius 1 is 1.14 bits per heavy atom. The maximum atomic E-state index is 8.50. The second-order valence-corrected chi connectivity index (χ2v) is 0.690. The van der Waals surface area contributed by atoms with Crippen LogP contribution in [0.15, 0.2) is 0 Å². The molecule has 0 spiro atoms. The van der Waals surface area contributed by atoms with Crippen molar-refractivity contribution in [2.75, 3.05) is 0 Å². The predicted molar refractivity (Wildman–Crippen MR) is 13.8 cm³/mol. The van der Waals surface area contributed by atoms with E-state index in [1.807, 2.05) is 0 Å². The summed E-state index contributed by atoms with van der Waals surface area (Å²) in [5.74, 6) is 0. The van der Waals surface area contributed by atoms with Crippen LogP contribution in [0.25, 0.3) is 0 Å². The molecule has 0 amide bonds. The predicted octanol–water partition coefficient (Wildman–Crippen LogP) is -2.29. The third-order valence-corrected chi connectivity index (χ3v) is 0. The summed E-state index contributed by atoms with van der Waals surface area (Å²) in [5.41, 5.74) is 0. The van der Waals surface area contributed by atoms with Crippen molar-refractivity contribution in [3.05, 3.63) is 0 Å². The van der Waals surface area contributed by atoms with E-state index in [0.717, 1.165) is 0 Å². The van der Waals surface area contributed by atoms with Crippen molar-refractivity contribution >= 4 is 7.32 Å². The van der Waals surface area contributed by atoms with Crippen LogP contribution >= 0.6 is 0 Å². The molecule has 0 aromatic rings. The van der Waals surface area contributed by atoms with Gasteiger partial charge in [0.15, 0.2) is 0 Å². The summed E-state index contributed by atoms with van der Waals surface area (Å²) in [6, 6.07) is 0. The first-order chi connectivity index (χ1) is 3.15. The van der Waals surface area contributed by atoms with E-state index >= 15 is 0 Å². The van der Waals surface area contributed by atoms with E-state index in [1.165, 1.54) is 0 Å². The molecule has 3 N–H and O–H groups in total. The van der Waals surface area contributed by atoms with E-state index in [9.17, 15) is 0 Å². The molecule has 7 heavy (non-hydrogen) atoms. The first-order valence-corrected chi connectivity index (χ1v) is 2.46. The van der Waals surface area contributed by atoms with E-state index in [2.05, 4.69) is 0 Å². The maximum absolute atomic E-state index is 8.50. The monoisotopic (exact) mass is 142 g/mol. The van der Waals surface area contributed by atoms with Crippen molar-refractivity contribution in [3.8, 4) is 0 Å². The fourth-order valence-corrected chi connectivity index (χ4v) is 0. The van der Waals surface area contributed by atoms with Crippen LogP contribution < -0.4 is 0 Å². The molecule has 0 heterocycles. The zero-order chi connectivity index (χ0) is 6.28. The summed E-state index contributed by atoms with van der Waals surface area (Å²) in [6.45, 7) is 0. The SMILES string of the molecule is OB(O)O.[O]=[Ti]=[O]. The normalized spacial score (nSPS) is 5.00. The molecule has 0 bridgehead atoms. The van der Waals surface area contributed by atoms with Gasteiger partial charge in [0.05, 0.1) is 0 Å². The number of hydrogen-bond donors (Lipinski definition) is 3. The number of hydrogen-bond acceptors (Lipinski definition) is 5. The van der Waals surface area contributed by atoms with Crippen LogP contribution in [-0.2, 0) is 25.7 Å². The molecule has 0 aliphatic heterocycles. The van der Waals surface area contributed by atoms with Crippen molar-refractivity contribution < 1.29 is 40.8 Å². The summed E-state index contributed by atoms with van der Waals surface area (Å²) >= 11 is -2.00. The number of rotatable bonds is 0. The minimum absolute atomic E-state index is 2.00. The van der Waals surface area contributed by atoms with Crippen molar-refractivity contribution in [2.24, 2.45) is 0 Å². The van der Waals surface area contributed by atoms with Crippen LogP contribution in [0.1, 0.15) is 0 Å². The summed E-state index contributed by atoms with van der Waals surface area (Å²) in [6.07, 6.45) is 0. The molecule has 0 saturated carbocycles. The Bertz CT molecular complexity index is 50.3. The molecule has 0 radical (unpaired) electrons. The van der Waals surface area contributed by atoms with Gasteiger partial charge in [0.2, 0.25) is 0 Å². The third-order valence-electron chi connectivity index (χ3n) is 0. The molecular weight excluding hydrogens is 139 g/mol.